The molecule has 0 unspecified atom stereocenters. The number of rotatable bonds is 3. The molecule has 104 valence electrons. The number of aryl methyl sites for hydroxylation is 4. The van der Waals surface area contributed by atoms with Gasteiger partial charge in [0.05, 0.1) is 29.5 Å². The van der Waals surface area contributed by atoms with Gasteiger partial charge >= 0.3 is 0 Å². The van der Waals surface area contributed by atoms with Gasteiger partial charge in [0.2, 0.25) is 5.88 Å². The molecular weight excluding hydrogens is 254 g/mol. The van der Waals surface area contributed by atoms with E-state index in [1.807, 2.05) is 20.8 Å². The lowest BCUT2D eigenvalue weighted by molar-refractivity contribution is 0.274. The Morgan fingerprint density at radius 2 is 1.90 bits per heavy atom. The van der Waals surface area contributed by atoms with Crippen molar-refractivity contribution in [3.05, 3.63) is 40.1 Å². The normalized spacial score (nSPS) is 10.4. The van der Waals surface area contributed by atoms with E-state index in [1.54, 1.807) is 23.9 Å². The van der Waals surface area contributed by atoms with Gasteiger partial charge in [-0.3, -0.25) is 0 Å². The Kier molecular flexibility index (Phi) is 3.77. The lowest BCUT2D eigenvalue weighted by Gasteiger charge is -2.13. The number of aromatic nitrogens is 2. The van der Waals surface area contributed by atoms with Crippen molar-refractivity contribution in [1.29, 1.82) is 5.26 Å². The summed E-state index contributed by atoms with van der Waals surface area (Å²) in [5.74, 6) is 1.22. The minimum absolute atomic E-state index is 0.122. The van der Waals surface area contributed by atoms with Gasteiger partial charge in [0, 0.05) is 7.05 Å². The first-order valence-corrected chi connectivity index (χ1v) is 6.30. The molecule has 0 spiro atoms. The van der Waals surface area contributed by atoms with E-state index in [2.05, 4.69) is 11.2 Å². The molecule has 0 aliphatic rings. The van der Waals surface area contributed by atoms with Crippen molar-refractivity contribution < 1.29 is 9.84 Å². The van der Waals surface area contributed by atoms with Crippen molar-refractivity contribution in [3.8, 4) is 17.7 Å². The summed E-state index contributed by atoms with van der Waals surface area (Å²) in [7, 11) is 1.77. The van der Waals surface area contributed by atoms with Crippen molar-refractivity contribution >= 4 is 0 Å². The summed E-state index contributed by atoms with van der Waals surface area (Å²) in [4.78, 5) is 0. The van der Waals surface area contributed by atoms with E-state index in [9.17, 15) is 5.11 Å². The largest absolute Gasteiger partial charge is 0.438 e. The van der Waals surface area contributed by atoms with Crippen LogP contribution in [-0.2, 0) is 13.7 Å². The molecule has 0 aliphatic carbocycles. The van der Waals surface area contributed by atoms with Gasteiger partial charge in [-0.2, -0.15) is 10.4 Å². The first kappa shape index (κ1) is 14.1. The minimum Gasteiger partial charge on any atom is -0.438 e. The average Bonchev–Trinajstić information content (AvgIpc) is 2.67. The fourth-order valence-corrected chi connectivity index (χ4v) is 2.26. The van der Waals surface area contributed by atoms with Gasteiger partial charge < -0.3 is 9.84 Å². The van der Waals surface area contributed by atoms with E-state index < -0.39 is 0 Å². The van der Waals surface area contributed by atoms with Crippen molar-refractivity contribution in [2.45, 2.75) is 27.4 Å². The number of aliphatic hydroxyl groups is 1. The Balaban J connectivity index is 2.49. The van der Waals surface area contributed by atoms with Crippen molar-refractivity contribution in [3.63, 3.8) is 0 Å². The molecule has 5 nitrogen and oxygen atoms in total. The molecule has 1 aromatic carbocycles. The second-order valence-corrected chi connectivity index (χ2v) is 4.80. The second kappa shape index (κ2) is 5.35. The molecule has 1 heterocycles. The summed E-state index contributed by atoms with van der Waals surface area (Å²) in [6, 6.07) is 5.69. The minimum atomic E-state index is -0.122. The van der Waals surface area contributed by atoms with E-state index in [-0.39, 0.29) is 6.61 Å². The van der Waals surface area contributed by atoms with Crippen LogP contribution >= 0.6 is 0 Å². The molecule has 0 amide bonds. The molecule has 2 rings (SSSR count). The van der Waals surface area contributed by atoms with E-state index in [0.29, 0.717) is 22.8 Å². The van der Waals surface area contributed by atoms with E-state index in [4.69, 9.17) is 10.00 Å². The van der Waals surface area contributed by atoms with Crippen LogP contribution in [0.3, 0.4) is 0 Å². The Labute approximate surface area is 118 Å². The number of nitrogens with zero attached hydrogens (tertiary/aromatic N) is 3. The van der Waals surface area contributed by atoms with Crippen LogP contribution < -0.4 is 4.74 Å². The molecule has 1 aromatic heterocycles. The van der Waals surface area contributed by atoms with Crippen LogP contribution in [0.4, 0.5) is 0 Å². The van der Waals surface area contributed by atoms with Crippen LogP contribution in [0.5, 0.6) is 11.6 Å². The Hall–Kier alpha value is -2.32. The van der Waals surface area contributed by atoms with Gasteiger partial charge in [0.15, 0.2) is 0 Å². The SMILES string of the molecule is Cc1cc(C#N)cc(C)c1Oc1c(CO)c(C)nn1C. The molecule has 0 saturated carbocycles. The van der Waals surface area contributed by atoms with Gasteiger partial charge in [-0.05, 0) is 44.0 Å². The van der Waals surface area contributed by atoms with Crippen LogP contribution in [-0.4, -0.2) is 14.9 Å². The van der Waals surface area contributed by atoms with Crippen LogP contribution in [0.15, 0.2) is 12.1 Å². The van der Waals surface area contributed by atoms with Crippen LogP contribution in [0.25, 0.3) is 0 Å². The molecule has 0 atom stereocenters. The number of hydrogen-bond acceptors (Lipinski definition) is 4. The molecule has 0 bridgehead atoms. The third-order valence-electron chi connectivity index (χ3n) is 3.24. The van der Waals surface area contributed by atoms with Gasteiger partial charge in [-0.15, -0.1) is 0 Å². The molecule has 2 aromatic rings. The lowest BCUT2D eigenvalue weighted by atomic mass is 10.1. The zero-order valence-corrected chi connectivity index (χ0v) is 12.1. The molecular formula is C15H17N3O2. The highest BCUT2D eigenvalue weighted by Gasteiger charge is 2.17. The third kappa shape index (κ3) is 2.38. The first-order valence-electron chi connectivity index (χ1n) is 6.30. The number of ether oxygens (including phenoxy) is 1. The van der Waals surface area contributed by atoms with Crippen LogP contribution in [0, 0.1) is 32.1 Å². The molecule has 0 saturated heterocycles. The summed E-state index contributed by atoms with van der Waals surface area (Å²) in [5, 5.41) is 22.6. The van der Waals surface area contributed by atoms with Gasteiger partial charge in [0.25, 0.3) is 0 Å². The number of benzene rings is 1. The van der Waals surface area contributed by atoms with E-state index in [1.165, 1.54) is 0 Å². The summed E-state index contributed by atoms with van der Waals surface area (Å²) in [5.41, 5.74) is 3.79. The monoisotopic (exact) mass is 271 g/mol. The predicted octanol–water partition coefficient (Wildman–Crippen LogP) is 2.50. The van der Waals surface area contributed by atoms with Crippen LogP contribution in [0.1, 0.15) is 27.9 Å². The zero-order valence-electron chi connectivity index (χ0n) is 12.1. The Morgan fingerprint density at radius 3 is 2.40 bits per heavy atom. The van der Waals surface area contributed by atoms with E-state index >= 15 is 0 Å². The Bertz CT molecular complexity index is 673. The summed E-state index contributed by atoms with van der Waals surface area (Å²) < 4.78 is 7.55. The third-order valence-corrected chi connectivity index (χ3v) is 3.24. The Morgan fingerprint density at radius 1 is 1.30 bits per heavy atom. The summed E-state index contributed by atoms with van der Waals surface area (Å²) >= 11 is 0. The van der Waals surface area contributed by atoms with Crippen molar-refractivity contribution in [2.75, 3.05) is 0 Å². The molecule has 20 heavy (non-hydrogen) atoms. The maximum atomic E-state index is 9.43. The lowest BCUT2D eigenvalue weighted by Crippen LogP contribution is -2.00. The highest BCUT2D eigenvalue weighted by molar-refractivity contribution is 5.49. The first-order chi connectivity index (χ1) is 9.47. The number of aliphatic hydroxyl groups excluding tert-OH is 1. The molecule has 0 radical (unpaired) electrons. The fourth-order valence-electron chi connectivity index (χ4n) is 2.26. The topological polar surface area (TPSA) is 71.1 Å². The van der Waals surface area contributed by atoms with Crippen molar-refractivity contribution in [2.24, 2.45) is 7.05 Å². The number of nitriles is 1. The maximum absolute atomic E-state index is 9.43. The van der Waals surface area contributed by atoms with Crippen molar-refractivity contribution in [1.82, 2.24) is 9.78 Å². The summed E-state index contributed by atoms with van der Waals surface area (Å²) in [6.45, 7) is 5.50. The van der Waals surface area contributed by atoms with E-state index in [0.717, 1.165) is 16.8 Å². The smallest absolute Gasteiger partial charge is 0.223 e. The van der Waals surface area contributed by atoms with Gasteiger partial charge in [0.1, 0.15) is 5.75 Å². The quantitative estimate of drug-likeness (QED) is 0.931. The highest BCUT2D eigenvalue weighted by Crippen LogP contribution is 2.32. The molecule has 0 fully saturated rings. The predicted molar refractivity (Wildman–Crippen MR) is 74.6 cm³/mol. The molecule has 1 N–H and O–H groups in total. The highest BCUT2D eigenvalue weighted by atomic mass is 16.5. The van der Waals surface area contributed by atoms with Gasteiger partial charge in [-0.1, -0.05) is 0 Å². The fraction of sp³-hybridized carbons (Fsp3) is 0.333. The summed E-state index contributed by atoms with van der Waals surface area (Å²) in [6.07, 6.45) is 0. The zero-order chi connectivity index (χ0) is 14.9. The standard InChI is InChI=1S/C15H17N3O2/c1-9-5-12(7-16)6-10(2)14(9)20-15-13(8-19)11(3)17-18(15)4/h5-6,19H,8H2,1-4H3. The number of hydrogen-bond donors (Lipinski definition) is 1. The average molecular weight is 271 g/mol. The molecule has 5 heteroatoms. The maximum Gasteiger partial charge on any atom is 0.223 e. The second-order valence-electron chi connectivity index (χ2n) is 4.80. The van der Waals surface area contributed by atoms with Gasteiger partial charge in [-0.25, -0.2) is 4.68 Å². The van der Waals surface area contributed by atoms with Crippen LogP contribution in [0.2, 0.25) is 0 Å². The molecule has 0 aliphatic heterocycles.